The van der Waals surface area contributed by atoms with E-state index in [1.807, 2.05) is 12.2 Å². The van der Waals surface area contributed by atoms with E-state index in [0.29, 0.717) is 17.3 Å². The number of halogens is 2. The minimum absolute atomic E-state index is 0. The first-order valence-corrected chi connectivity index (χ1v) is 15.2. The highest BCUT2D eigenvalue weighted by atomic mass is 79.9. The molecule has 1 aromatic carbocycles. The Morgan fingerprint density at radius 2 is 1.92 bits per heavy atom. The Morgan fingerprint density at radius 1 is 1.21 bits per heavy atom. The van der Waals surface area contributed by atoms with Crippen molar-refractivity contribution in [1.82, 2.24) is 10.2 Å². The molecule has 10 nitrogen and oxygen atoms in total. The number of rotatable bonds is 5. The Labute approximate surface area is 243 Å². The van der Waals surface area contributed by atoms with Gasteiger partial charge in [0.15, 0.2) is 0 Å². The van der Waals surface area contributed by atoms with Gasteiger partial charge in [-0.2, -0.15) is 8.42 Å². The van der Waals surface area contributed by atoms with E-state index in [9.17, 15) is 22.8 Å². The number of allylic oxidation sites excluding steroid dienone is 1. The molecule has 1 aromatic rings. The molecule has 1 saturated heterocycles. The monoisotopic (exact) mass is 647 g/mol. The molecule has 5 atom stereocenters. The largest absolute Gasteiger partial charge is 0.464 e. The van der Waals surface area contributed by atoms with Crippen LogP contribution in [0.3, 0.4) is 0 Å². The molecule has 39 heavy (non-hydrogen) atoms. The Bertz CT molecular complexity index is 1200. The van der Waals surface area contributed by atoms with Crippen molar-refractivity contribution in [2.24, 2.45) is 11.7 Å². The van der Waals surface area contributed by atoms with Crippen LogP contribution in [0, 0.1) is 5.92 Å². The van der Waals surface area contributed by atoms with E-state index in [4.69, 9.17) is 14.7 Å². The van der Waals surface area contributed by atoms with Crippen LogP contribution in [0.4, 0.5) is 0 Å². The summed E-state index contributed by atoms with van der Waals surface area (Å²) < 4.78 is 37.3. The van der Waals surface area contributed by atoms with Crippen molar-refractivity contribution in [1.29, 1.82) is 0 Å². The second kappa shape index (κ2) is 13.1. The molecule has 13 heteroatoms. The average Bonchev–Trinajstić information content (AvgIpc) is 3.41. The molecule has 3 aliphatic rings. The zero-order chi connectivity index (χ0) is 27.5. The van der Waals surface area contributed by atoms with Gasteiger partial charge in [-0.3, -0.25) is 13.8 Å². The fourth-order valence-electron chi connectivity index (χ4n) is 5.11. The molecular weight excluding hydrogens is 614 g/mol. The van der Waals surface area contributed by atoms with E-state index in [2.05, 4.69) is 21.2 Å². The highest BCUT2D eigenvalue weighted by Crippen LogP contribution is 2.46. The van der Waals surface area contributed by atoms with Crippen molar-refractivity contribution < 1.29 is 31.7 Å². The van der Waals surface area contributed by atoms with Crippen LogP contribution in [0.15, 0.2) is 45.8 Å². The molecule has 216 valence electrons. The summed E-state index contributed by atoms with van der Waals surface area (Å²) in [5.74, 6) is -1.74. The Balaban J connectivity index is 0.00000420. The lowest BCUT2D eigenvalue weighted by atomic mass is 10.1. The van der Waals surface area contributed by atoms with Crippen LogP contribution in [-0.2, 0) is 33.4 Å². The summed E-state index contributed by atoms with van der Waals surface area (Å²) in [5.41, 5.74) is 5.01. The number of nitrogens with zero attached hydrogens (tertiary/aromatic N) is 1. The van der Waals surface area contributed by atoms with Crippen LogP contribution in [0.25, 0.3) is 0 Å². The van der Waals surface area contributed by atoms with E-state index in [1.165, 1.54) is 17.0 Å². The van der Waals surface area contributed by atoms with E-state index >= 15 is 0 Å². The summed E-state index contributed by atoms with van der Waals surface area (Å²) in [6.45, 7) is 1.75. The van der Waals surface area contributed by atoms with E-state index in [0.717, 1.165) is 25.7 Å². The summed E-state index contributed by atoms with van der Waals surface area (Å²) >= 11 is 3.27. The van der Waals surface area contributed by atoms with Gasteiger partial charge in [-0.1, -0.05) is 40.9 Å². The molecule has 4 rings (SSSR count). The first kappa shape index (κ1) is 31.5. The molecule has 0 radical (unpaired) electrons. The number of hydrogen-bond donors (Lipinski definition) is 2. The maximum absolute atomic E-state index is 13.6. The maximum atomic E-state index is 13.6. The molecule has 1 saturated carbocycles. The third kappa shape index (κ3) is 7.21. The first-order chi connectivity index (χ1) is 18.1. The number of ether oxygens (including phenoxy) is 1. The van der Waals surface area contributed by atoms with Gasteiger partial charge >= 0.3 is 5.97 Å². The Kier molecular flexibility index (Phi) is 10.6. The summed E-state index contributed by atoms with van der Waals surface area (Å²) in [4.78, 5) is 41.0. The van der Waals surface area contributed by atoms with E-state index < -0.39 is 51.6 Å². The summed E-state index contributed by atoms with van der Waals surface area (Å²) in [6.07, 6.45) is 7.17. The first-order valence-electron chi connectivity index (χ1n) is 13.0. The molecule has 1 aliphatic carbocycles. The highest BCUT2D eigenvalue weighted by Gasteiger charge is 2.62. The summed E-state index contributed by atoms with van der Waals surface area (Å²) in [7, 11) is -4.15. The number of nitrogens with two attached hydrogens (primary N) is 1. The van der Waals surface area contributed by atoms with Crippen LogP contribution in [0.1, 0.15) is 51.9 Å². The molecule has 0 aromatic heterocycles. The second-order valence-electron chi connectivity index (χ2n) is 10.0. The number of hydrogen-bond acceptors (Lipinski definition) is 8. The van der Waals surface area contributed by atoms with Crippen molar-refractivity contribution >= 4 is 56.2 Å². The van der Waals surface area contributed by atoms with Gasteiger partial charge in [-0.05, 0) is 56.9 Å². The summed E-state index contributed by atoms with van der Waals surface area (Å²) in [6, 6.07) is 4.11. The van der Waals surface area contributed by atoms with Gasteiger partial charge in [0, 0.05) is 23.4 Å². The molecule has 2 amide bonds. The van der Waals surface area contributed by atoms with Gasteiger partial charge in [-0.15, -0.1) is 12.4 Å². The van der Waals surface area contributed by atoms with Gasteiger partial charge in [0.1, 0.15) is 11.6 Å². The molecule has 2 aliphatic heterocycles. The van der Waals surface area contributed by atoms with Gasteiger partial charge in [-0.25, -0.2) is 4.79 Å². The molecule has 0 spiro atoms. The number of benzene rings is 1. The van der Waals surface area contributed by atoms with Crippen molar-refractivity contribution in [2.75, 3.05) is 13.2 Å². The van der Waals surface area contributed by atoms with Gasteiger partial charge in [0.2, 0.25) is 11.8 Å². The number of amides is 2. The zero-order valence-electron chi connectivity index (χ0n) is 21.7. The van der Waals surface area contributed by atoms with E-state index in [-0.39, 0.29) is 42.8 Å². The number of nitrogens with one attached hydrogen (secondary N) is 1. The molecule has 2 heterocycles. The number of carbonyl (C=O) groups is 3. The number of esters is 1. The molecule has 0 bridgehead atoms. The van der Waals surface area contributed by atoms with Crippen LogP contribution in [-0.4, -0.2) is 68.0 Å². The lowest BCUT2D eigenvalue weighted by Crippen LogP contribution is -2.55. The maximum Gasteiger partial charge on any atom is 0.332 e. The van der Waals surface area contributed by atoms with Crippen molar-refractivity contribution in [3.8, 4) is 0 Å². The average molecular weight is 649 g/mol. The van der Waals surface area contributed by atoms with Crippen LogP contribution in [0.2, 0.25) is 0 Å². The van der Waals surface area contributed by atoms with Gasteiger partial charge < -0.3 is 20.7 Å². The zero-order valence-corrected chi connectivity index (χ0v) is 24.9. The lowest BCUT2D eigenvalue weighted by molar-refractivity contribution is -0.150. The number of fused-ring (bicyclic) bond motifs is 2. The highest BCUT2D eigenvalue weighted by molar-refractivity contribution is 9.10. The van der Waals surface area contributed by atoms with Crippen LogP contribution < -0.4 is 11.1 Å². The minimum Gasteiger partial charge on any atom is -0.464 e. The molecule has 3 N–H and O–H groups in total. The quantitative estimate of drug-likeness (QED) is 0.282. The van der Waals surface area contributed by atoms with Crippen molar-refractivity contribution in [2.45, 2.75) is 80.5 Å². The minimum atomic E-state index is -4.15. The topological polar surface area (TPSA) is 145 Å². The SMILES string of the molecule is CCOC(=O)[C@@]12C[C@H]1/C=C\CCCCC[C@H](N)C(=O)N1C[C@@H](OS(=O)(=O)c3ccc(Br)cc3)C[C@H]1C(=O)N2.Cl. The normalized spacial score (nSPS) is 30.5. The molecule has 0 unspecified atom stereocenters. The lowest BCUT2D eigenvalue weighted by Gasteiger charge is -2.28. The predicted octanol–water partition coefficient (Wildman–Crippen LogP) is 2.83. The Morgan fingerprint density at radius 3 is 2.62 bits per heavy atom. The fourth-order valence-corrected chi connectivity index (χ4v) is 6.45. The summed E-state index contributed by atoms with van der Waals surface area (Å²) in [5, 5.41) is 2.84. The second-order valence-corrected chi connectivity index (χ2v) is 12.5. The third-order valence-electron chi connectivity index (χ3n) is 7.29. The van der Waals surface area contributed by atoms with Gasteiger partial charge in [0.05, 0.1) is 23.6 Å². The number of carbonyl (C=O) groups excluding carboxylic acids is 3. The van der Waals surface area contributed by atoms with Crippen LogP contribution in [0.5, 0.6) is 0 Å². The van der Waals surface area contributed by atoms with Gasteiger partial charge in [0.25, 0.3) is 10.1 Å². The Hall–Kier alpha value is -1.99. The fraction of sp³-hybridized carbons (Fsp3) is 0.577. The predicted molar refractivity (Wildman–Crippen MR) is 149 cm³/mol. The standard InChI is InChI=1S/C26H34BrN3O7S.ClH/c1-2-36-25(33)26-15-17(26)8-6-4-3-5-7-9-21(28)24(32)30-16-19(14-22(30)23(31)29-26)37-38(34,35)20-12-10-18(27)11-13-20;/h6,8,10-13,17,19,21-22H,2-5,7,9,14-16,28H2,1H3,(H,29,31);1H/b8-6-;/t17-,19+,21+,22+,26-;/m1./s1. The molecular formula is C26H35BrClN3O7S. The van der Waals surface area contributed by atoms with Crippen molar-refractivity contribution in [3.63, 3.8) is 0 Å². The smallest absolute Gasteiger partial charge is 0.332 e. The van der Waals surface area contributed by atoms with Crippen LogP contribution >= 0.6 is 28.3 Å². The molecule has 2 fully saturated rings. The van der Waals surface area contributed by atoms with E-state index in [1.54, 1.807) is 19.1 Å². The van der Waals surface area contributed by atoms with Crippen molar-refractivity contribution in [3.05, 3.63) is 40.9 Å². The third-order valence-corrected chi connectivity index (χ3v) is 9.19.